The van der Waals surface area contributed by atoms with Crippen LogP contribution >= 0.6 is 0 Å². The summed E-state index contributed by atoms with van der Waals surface area (Å²) in [5, 5.41) is 0. The molecule has 1 rings (SSSR count). The van der Waals surface area contributed by atoms with E-state index in [4.69, 9.17) is 6.42 Å². The molecule has 1 fully saturated rings. The molecule has 2 heteroatoms. The van der Waals surface area contributed by atoms with Gasteiger partial charge in [-0.05, 0) is 25.2 Å². The van der Waals surface area contributed by atoms with E-state index in [2.05, 4.69) is 12.8 Å². The summed E-state index contributed by atoms with van der Waals surface area (Å²) in [5.41, 5.74) is 0. The van der Waals surface area contributed by atoms with Gasteiger partial charge in [0.05, 0.1) is 6.54 Å². The fourth-order valence-corrected chi connectivity index (χ4v) is 1.96. The second-order valence-corrected chi connectivity index (χ2v) is 4.01. The lowest BCUT2D eigenvalue weighted by molar-refractivity contribution is -0.133. The van der Waals surface area contributed by atoms with Gasteiger partial charge in [0.2, 0.25) is 5.91 Å². The average molecular weight is 179 g/mol. The third-order valence-electron chi connectivity index (χ3n) is 2.75. The second kappa shape index (κ2) is 4.32. The minimum absolute atomic E-state index is 0.224. The predicted molar refractivity (Wildman–Crippen MR) is 53.0 cm³/mol. The fraction of sp³-hybridized carbons (Fsp3) is 0.727. The van der Waals surface area contributed by atoms with E-state index in [1.807, 2.05) is 0 Å². The van der Waals surface area contributed by atoms with Crippen molar-refractivity contribution in [2.24, 2.45) is 11.8 Å². The first-order valence-corrected chi connectivity index (χ1v) is 4.83. The van der Waals surface area contributed by atoms with Crippen LogP contribution in [-0.2, 0) is 4.79 Å². The first-order chi connectivity index (χ1) is 6.15. The van der Waals surface area contributed by atoms with Crippen LogP contribution in [0, 0.1) is 24.2 Å². The Labute approximate surface area is 80.3 Å². The van der Waals surface area contributed by atoms with Gasteiger partial charge in [-0.15, -0.1) is 6.42 Å². The Morgan fingerprint density at radius 3 is 2.77 bits per heavy atom. The summed E-state index contributed by atoms with van der Waals surface area (Å²) in [5.74, 6) is 3.64. The SMILES string of the molecule is C#CCN(C)C(=O)C1CCC(C)C1. The largest absolute Gasteiger partial charge is 0.334 e. The lowest BCUT2D eigenvalue weighted by Gasteiger charge is -2.18. The maximum absolute atomic E-state index is 11.7. The third-order valence-corrected chi connectivity index (χ3v) is 2.75. The molecule has 0 saturated heterocycles. The summed E-state index contributed by atoms with van der Waals surface area (Å²) in [6.45, 7) is 2.64. The summed E-state index contributed by atoms with van der Waals surface area (Å²) in [7, 11) is 1.78. The van der Waals surface area contributed by atoms with E-state index in [1.54, 1.807) is 11.9 Å². The lowest BCUT2D eigenvalue weighted by atomic mass is 10.1. The Morgan fingerprint density at radius 1 is 1.62 bits per heavy atom. The molecule has 2 nitrogen and oxygen atoms in total. The Hall–Kier alpha value is -0.970. The van der Waals surface area contributed by atoms with E-state index in [9.17, 15) is 4.79 Å². The summed E-state index contributed by atoms with van der Waals surface area (Å²) < 4.78 is 0. The number of carbonyl (C=O) groups excluding carboxylic acids is 1. The van der Waals surface area contributed by atoms with E-state index >= 15 is 0 Å². The summed E-state index contributed by atoms with van der Waals surface area (Å²) in [4.78, 5) is 13.4. The number of nitrogens with zero attached hydrogens (tertiary/aromatic N) is 1. The zero-order valence-electron chi connectivity index (χ0n) is 8.42. The van der Waals surface area contributed by atoms with Gasteiger partial charge in [-0.25, -0.2) is 0 Å². The first-order valence-electron chi connectivity index (χ1n) is 4.83. The molecule has 1 saturated carbocycles. The number of hydrogen-bond donors (Lipinski definition) is 0. The van der Waals surface area contributed by atoms with Crippen molar-refractivity contribution in [2.75, 3.05) is 13.6 Å². The molecule has 0 heterocycles. The van der Waals surface area contributed by atoms with Gasteiger partial charge in [0.15, 0.2) is 0 Å². The van der Waals surface area contributed by atoms with E-state index in [1.165, 1.54) is 6.42 Å². The van der Waals surface area contributed by atoms with Gasteiger partial charge in [-0.2, -0.15) is 0 Å². The van der Waals surface area contributed by atoms with E-state index < -0.39 is 0 Å². The van der Waals surface area contributed by atoms with Crippen molar-refractivity contribution in [2.45, 2.75) is 26.2 Å². The monoisotopic (exact) mass is 179 g/mol. The maximum Gasteiger partial charge on any atom is 0.226 e. The third kappa shape index (κ3) is 2.48. The van der Waals surface area contributed by atoms with Gasteiger partial charge in [-0.3, -0.25) is 4.79 Å². The Morgan fingerprint density at radius 2 is 2.31 bits per heavy atom. The van der Waals surface area contributed by atoms with Crippen molar-refractivity contribution in [3.05, 3.63) is 0 Å². The molecule has 0 radical (unpaired) electrons. The molecule has 0 aliphatic heterocycles. The molecule has 0 bridgehead atoms. The van der Waals surface area contributed by atoms with E-state index in [0.29, 0.717) is 12.5 Å². The standard InChI is InChI=1S/C11H17NO/c1-4-7-12(3)11(13)10-6-5-9(2)8-10/h1,9-10H,5-8H2,2-3H3. The van der Waals surface area contributed by atoms with Crippen molar-refractivity contribution in [1.82, 2.24) is 4.90 Å². The highest BCUT2D eigenvalue weighted by Crippen LogP contribution is 2.31. The molecule has 0 aromatic carbocycles. The van der Waals surface area contributed by atoms with Crippen LogP contribution in [0.1, 0.15) is 26.2 Å². The Balaban J connectivity index is 2.44. The smallest absolute Gasteiger partial charge is 0.226 e. The quantitative estimate of drug-likeness (QED) is 0.588. The van der Waals surface area contributed by atoms with Crippen LogP contribution in [0.15, 0.2) is 0 Å². The van der Waals surface area contributed by atoms with Gasteiger partial charge < -0.3 is 4.90 Å². The molecule has 2 unspecified atom stereocenters. The lowest BCUT2D eigenvalue weighted by Crippen LogP contribution is -2.32. The predicted octanol–water partition coefficient (Wildman–Crippen LogP) is 1.51. The average Bonchev–Trinajstić information content (AvgIpc) is 2.51. The molecule has 0 spiro atoms. The van der Waals surface area contributed by atoms with Gasteiger partial charge in [-0.1, -0.05) is 12.8 Å². The summed E-state index contributed by atoms with van der Waals surface area (Å²) >= 11 is 0. The van der Waals surface area contributed by atoms with Crippen LogP contribution in [0.4, 0.5) is 0 Å². The molecule has 0 aromatic heterocycles. The molecular formula is C11H17NO. The zero-order chi connectivity index (χ0) is 9.84. The van der Waals surface area contributed by atoms with Crippen molar-refractivity contribution >= 4 is 5.91 Å². The molecule has 1 amide bonds. The zero-order valence-corrected chi connectivity index (χ0v) is 8.42. The Kier molecular flexibility index (Phi) is 3.36. The van der Waals surface area contributed by atoms with Crippen LogP contribution in [0.3, 0.4) is 0 Å². The van der Waals surface area contributed by atoms with Gasteiger partial charge >= 0.3 is 0 Å². The van der Waals surface area contributed by atoms with Gasteiger partial charge in [0.1, 0.15) is 0 Å². The minimum atomic E-state index is 0.224. The van der Waals surface area contributed by atoms with Crippen molar-refractivity contribution in [3.8, 4) is 12.3 Å². The summed E-state index contributed by atoms with van der Waals surface area (Å²) in [6, 6.07) is 0. The minimum Gasteiger partial charge on any atom is -0.334 e. The molecule has 1 aliphatic rings. The molecule has 13 heavy (non-hydrogen) atoms. The van der Waals surface area contributed by atoms with Crippen LogP contribution in [0.5, 0.6) is 0 Å². The number of hydrogen-bond acceptors (Lipinski definition) is 1. The van der Waals surface area contributed by atoms with Gasteiger partial charge in [0.25, 0.3) is 0 Å². The normalized spacial score (nSPS) is 26.8. The van der Waals surface area contributed by atoms with Crippen molar-refractivity contribution < 1.29 is 4.79 Å². The molecule has 1 aliphatic carbocycles. The highest BCUT2D eigenvalue weighted by Gasteiger charge is 2.28. The highest BCUT2D eigenvalue weighted by atomic mass is 16.2. The van der Waals surface area contributed by atoms with Crippen molar-refractivity contribution in [3.63, 3.8) is 0 Å². The van der Waals surface area contributed by atoms with Gasteiger partial charge in [0, 0.05) is 13.0 Å². The molecule has 0 aromatic rings. The second-order valence-electron chi connectivity index (χ2n) is 4.01. The number of rotatable bonds is 2. The fourth-order valence-electron chi connectivity index (χ4n) is 1.96. The summed E-state index contributed by atoms with van der Waals surface area (Å²) in [6.07, 6.45) is 8.40. The number of amides is 1. The highest BCUT2D eigenvalue weighted by molar-refractivity contribution is 5.79. The van der Waals surface area contributed by atoms with Crippen LogP contribution in [0.2, 0.25) is 0 Å². The van der Waals surface area contributed by atoms with Crippen LogP contribution in [-0.4, -0.2) is 24.4 Å². The maximum atomic E-state index is 11.7. The number of terminal acetylenes is 1. The van der Waals surface area contributed by atoms with E-state index in [-0.39, 0.29) is 11.8 Å². The van der Waals surface area contributed by atoms with Crippen LogP contribution in [0.25, 0.3) is 0 Å². The van der Waals surface area contributed by atoms with Crippen molar-refractivity contribution in [1.29, 1.82) is 0 Å². The van der Waals surface area contributed by atoms with Crippen LogP contribution < -0.4 is 0 Å². The molecule has 0 N–H and O–H groups in total. The molecular weight excluding hydrogens is 162 g/mol. The molecule has 72 valence electrons. The molecule has 2 atom stereocenters. The number of carbonyl (C=O) groups is 1. The van der Waals surface area contributed by atoms with E-state index in [0.717, 1.165) is 12.8 Å². The first kappa shape index (κ1) is 10.1. The Bertz CT molecular complexity index is 229. The topological polar surface area (TPSA) is 20.3 Å².